The van der Waals surface area contributed by atoms with Crippen LogP contribution in [0.15, 0.2) is 77.4 Å². The molecule has 3 aromatic carbocycles. The highest BCUT2D eigenvalue weighted by Gasteiger charge is 2.33. The molecule has 0 unspecified atom stereocenters. The molecule has 0 spiro atoms. The van der Waals surface area contributed by atoms with E-state index >= 15 is 0 Å². The summed E-state index contributed by atoms with van der Waals surface area (Å²) in [6.07, 6.45) is 1.71. The van der Waals surface area contributed by atoms with E-state index in [-0.39, 0.29) is 23.3 Å². The third-order valence-electron chi connectivity index (χ3n) is 5.14. The molecule has 4 rings (SSSR count). The second-order valence-corrected chi connectivity index (χ2v) is 9.37. The van der Waals surface area contributed by atoms with Gasteiger partial charge in [0.1, 0.15) is 11.4 Å². The van der Waals surface area contributed by atoms with E-state index in [9.17, 15) is 9.59 Å². The minimum absolute atomic E-state index is 0.0210. The van der Waals surface area contributed by atoms with Crippen LogP contribution in [0, 0.1) is 6.92 Å². The molecule has 1 aliphatic rings. The molecule has 0 aromatic heterocycles. The molecule has 0 bridgehead atoms. The monoisotopic (exact) mass is 525 g/mol. The molecule has 2 amide bonds. The summed E-state index contributed by atoms with van der Waals surface area (Å²) in [5.74, 6) is 0.173. The summed E-state index contributed by atoms with van der Waals surface area (Å²) in [5, 5.41) is 4.01. The van der Waals surface area contributed by atoms with Crippen molar-refractivity contribution in [1.82, 2.24) is 0 Å². The number of benzene rings is 3. The van der Waals surface area contributed by atoms with Crippen molar-refractivity contribution in [2.24, 2.45) is 4.99 Å². The van der Waals surface area contributed by atoms with Crippen molar-refractivity contribution in [1.29, 1.82) is 0 Å². The minimum atomic E-state index is -0.299. The van der Waals surface area contributed by atoms with Gasteiger partial charge in [-0.1, -0.05) is 65.3 Å². The van der Waals surface area contributed by atoms with Gasteiger partial charge in [-0.2, -0.15) is 0 Å². The second kappa shape index (κ2) is 11.0. The van der Waals surface area contributed by atoms with Gasteiger partial charge in [0.05, 0.1) is 29.3 Å². The van der Waals surface area contributed by atoms with Gasteiger partial charge in [-0.05, 0) is 60.5 Å². The van der Waals surface area contributed by atoms with Gasteiger partial charge < -0.3 is 10.1 Å². The van der Waals surface area contributed by atoms with Crippen LogP contribution in [0.1, 0.15) is 11.1 Å². The zero-order valence-corrected chi connectivity index (χ0v) is 21.2. The zero-order chi connectivity index (χ0) is 24.9. The number of hydrogen-bond acceptors (Lipinski definition) is 5. The highest BCUT2D eigenvalue weighted by atomic mass is 35.5. The molecule has 0 atom stereocenters. The van der Waals surface area contributed by atoms with Crippen molar-refractivity contribution in [3.8, 4) is 5.75 Å². The fraction of sp³-hybridized carbons (Fsp3) is 0.115. The number of methoxy groups -OCH3 is 1. The summed E-state index contributed by atoms with van der Waals surface area (Å²) in [6, 6.07) is 19.7. The lowest BCUT2D eigenvalue weighted by Gasteiger charge is -2.19. The van der Waals surface area contributed by atoms with E-state index in [0.29, 0.717) is 26.6 Å². The van der Waals surface area contributed by atoms with Crippen LogP contribution >= 0.6 is 35.0 Å². The van der Waals surface area contributed by atoms with E-state index in [1.165, 1.54) is 4.90 Å². The first-order chi connectivity index (χ1) is 16.9. The molecule has 9 heteroatoms. The highest BCUT2D eigenvalue weighted by Crippen LogP contribution is 2.32. The van der Waals surface area contributed by atoms with E-state index in [1.54, 1.807) is 31.4 Å². The first-order valence-electron chi connectivity index (χ1n) is 10.6. The predicted octanol–water partition coefficient (Wildman–Crippen LogP) is 6.43. The van der Waals surface area contributed by atoms with Crippen molar-refractivity contribution < 1.29 is 14.3 Å². The molecular weight excluding hydrogens is 505 g/mol. The van der Waals surface area contributed by atoms with Crippen LogP contribution in [-0.4, -0.2) is 29.8 Å². The van der Waals surface area contributed by atoms with Crippen LogP contribution in [0.2, 0.25) is 10.0 Å². The van der Waals surface area contributed by atoms with Crippen LogP contribution < -0.4 is 15.0 Å². The molecule has 1 aliphatic heterocycles. The fourth-order valence-electron chi connectivity index (χ4n) is 3.39. The van der Waals surface area contributed by atoms with Crippen molar-refractivity contribution >= 4 is 69.4 Å². The molecule has 0 radical (unpaired) electrons. The number of thioether (sulfide) groups is 1. The standard InChI is InChI=1S/C26H21Cl2N3O3S/c1-16-5-3-4-6-23(16)31-25(33)22(13-17-7-10-19(34-2)11-8-17)30-26(31)35-15-24(32)29-21-14-18(27)9-12-20(21)28/h3-14H,15H2,1-2H3,(H,29,32)/b22-13+. The Morgan fingerprint density at radius 3 is 2.57 bits per heavy atom. The summed E-state index contributed by atoms with van der Waals surface area (Å²) in [4.78, 5) is 32.1. The number of para-hydroxylation sites is 1. The molecule has 0 fully saturated rings. The van der Waals surface area contributed by atoms with Gasteiger partial charge in [0.2, 0.25) is 5.91 Å². The Labute approximate surface area is 217 Å². The number of amidine groups is 1. The molecule has 3 aromatic rings. The van der Waals surface area contributed by atoms with E-state index < -0.39 is 0 Å². The quantitative estimate of drug-likeness (QED) is 0.376. The summed E-state index contributed by atoms with van der Waals surface area (Å²) in [5.41, 5.74) is 3.13. The number of amides is 2. The average Bonchev–Trinajstić information content (AvgIpc) is 3.15. The van der Waals surface area contributed by atoms with E-state index in [1.807, 2.05) is 55.5 Å². The van der Waals surface area contributed by atoms with Crippen LogP contribution in [0.4, 0.5) is 11.4 Å². The summed E-state index contributed by atoms with van der Waals surface area (Å²) >= 11 is 13.3. The van der Waals surface area contributed by atoms with Crippen LogP contribution in [0.5, 0.6) is 5.75 Å². The van der Waals surface area contributed by atoms with Gasteiger partial charge in [0, 0.05) is 5.02 Å². The molecule has 1 N–H and O–H groups in total. The lowest BCUT2D eigenvalue weighted by Crippen LogP contribution is -2.31. The predicted molar refractivity (Wildman–Crippen MR) is 145 cm³/mol. The number of aryl methyl sites for hydroxylation is 1. The maximum atomic E-state index is 13.4. The second-order valence-electron chi connectivity index (χ2n) is 7.59. The number of nitrogens with one attached hydrogen (secondary N) is 1. The first kappa shape index (κ1) is 24.9. The fourth-order valence-corrected chi connectivity index (χ4v) is 4.53. The number of ether oxygens (including phenoxy) is 1. The average molecular weight is 526 g/mol. The number of carbonyl (C=O) groups is 2. The number of aliphatic imine (C=N–C) groups is 1. The van der Waals surface area contributed by atoms with Crippen LogP contribution in [0.3, 0.4) is 0 Å². The van der Waals surface area contributed by atoms with Crippen molar-refractivity contribution in [3.05, 3.63) is 93.6 Å². The van der Waals surface area contributed by atoms with Gasteiger partial charge in [0.25, 0.3) is 5.91 Å². The van der Waals surface area contributed by atoms with E-state index in [4.69, 9.17) is 27.9 Å². The molecule has 0 saturated heterocycles. The Balaban J connectivity index is 1.59. The maximum Gasteiger partial charge on any atom is 0.283 e. The van der Waals surface area contributed by atoms with Gasteiger partial charge in [0.15, 0.2) is 5.17 Å². The Morgan fingerprint density at radius 2 is 1.86 bits per heavy atom. The molecular formula is C26H21Cl2N3O3S. The number of hydrogen-bond donors (Lipinski definition) is 1. The largest absolute Gasteiger partial charge is 0.497 e. The number of nitrogens with zero attached hydrogens (tertiary/aromatic N) is 2. The zero-order valence-electron chi connectivity index (χ0n) is 18.9. The SMILES string of the molecule is COc1ccc(/C=C2/N=C(SCC(=O)Nc3cc(Cl)ccc3Cl)N(c3ccccc3C)C2=O)cc1. The summed E-state index contributed by atoms with van der Waals surface area (Å²) in [6.45, 7) is 1.92. The summed E-state index contributed by atoms with van der Waals surface area (Å²) < 4.78 is 5.20. The number of halogens is 2. The smallest absolute Gasteiger partial charge is 0.283 e. The van der Waals surface area contributed by atoms with E-state index in [0.717, 1.165) is 28.6 Å². The van der Waals surface area contributed by atoms with Gasteiger partial charge >= 0.3 is 0 Å². The number of carbonyl (C=O) groups excluding carboxylic acids is 2. The molecule has 6 nitrogen and oxygen atoms in total. The Hall–Kier alpha value is -3.26. The van der Waals surface area contributed by atoms with Crippen molar-refractivity contribution in [2.45, 2.75) is 6.92 Å². The summed E-state index contributed by atoms with van der Waals surface area (Å²) in [7, 11) is 1.60. The first-order valence-corrected chi connectivity index (χ1v) is 12.3. The highest BCUT2D eigenvalue weighted by molar-refractivity contribution is 8.14. The normalized spacial score (nSPS) is 14.3. The lowest BCUT2D eigenvalue weighted by molar-refractivity contribution is -0.114. The van der Waals surface area contributed by atoms with Gasteiger partial charge in [-0.3, -0.25) is 14.5 Å². The number of anilines is 2. The van der Waals surface area contributed by atoms with E-state index in [2.05, 4.69) is 10.3 Å². The Bertz CT molecular complexity index is 1340. The third kappa shape index (κ3) is 5.88. The molecule has 178 valence electrons. The van der Waals surface area contributed by atoms with Crippen LogP contribution in [-0.2, 0) is 9.59 Å². The third-order valence-corrected chi connectivity index (χ3v) is 6.64. The van der Waals surface area contributed by atoms with Crippen molar-refractivity contribution in [2.75, 3.05) is 23.1 Å². The van der Waals surface area contributed by atoms with Gasteiger partial charge in [-0.15, -0.1) is 0 Å². The topological polar surface area (TPSA) is 71.0 Å². The minimum Gasteiger partial charge on any atom is -0.497 e. The maximum absolute atomic E-state index is 13.4. The Morgan fingerprint density at radius 1 is 1.11 bits per heavy atom. The number of rotatable bonds is 6. The molecule has 0 saturated carbocycles. The molecule has 35 heavy (non-hydrogen) atoms. The van der Waals surface area contributed by atoms with Crippen molar-refractivity contribution in [3.63, 3.8) is 0 Å². The molecule has 1 heterocycles. The lowest BCUT2D eigenvalue weighted by atomic mass is 10.1. The Kier molecular flexibility index (Phi) is 7.80. The van der Waals surface area contributed by atoms with Gasteiger partial charge in [-0.25, -0.2) is 4.99 Å². The molecule has 0 aliphatic carbocycles. The van der Waals surface area contributed by atoms with Crippen LogP contribution in [0.25, 0.3) is 6.08 Å².